The van der Waals surface area contributed by atoms with Crippen LogP contribution in [-0.2, 0) is 9.53 Å². The van der Waals surface area contributed by atoms with Gasteiger partial charge in [0.15, 0.2) is 0 Å². The Kier molecular flexibility index (Phi) is 6.65. The average molecular weight is 329 g/mol. The Hall–Kier alpha value is -1.53. The molecule has 0 aliphatic heterocycles. The minimum atomic E-state index is -1.40. The molecule has 2 atom stereocenters. The molecule has 1 unspecified atom stereocenters. The van der Waals surface area contributed by atoms with Crippen LogP contribution in [0.5, 0.6) is 0 Å². The molecule has 23 heavy (non-hydrogen) atoms. The van der Waals surface area contributed by atoms with Gasteiger partial charge in [-0.25, -0.2) is 8.78 Å². The number of carbonyl (C=O) groups is 1. The standard InChI is InChI=1S/C17H25F2NO3/c1-10(2)15(16(22)23-17(3,4)5)20-9-13(21)14-11(18)7-6-8-12(14)19/h6-8,10,13,15,20-21H,9H2,1-5H3/t13?,15-/m1/s1. The first-order valence-corrected chi connectivity index (χ1v) is 7.61. The average Bonchev–Trinajstić information content (AvgIpc) is 2.35. The molecule has 0 radical (unpaired) electrons. The fourth-order valence-electron chi connectivity index (χ4n) is 2.13. The van der Waals surface area contributed by atoms with Crippen molar-refractivity contribution in [3.8, 4) is 0 Å². The van der Waals surface area contributed by atoms with Gasteiger partial charge in [0.2, 0.25) is 0 Å². The predicted molar refractivity (Wildman–Crippen MR) is 83.8 cm³/mol. The molecule has 2 N–H and O–H groups in total. The van der Waals surface area contributed by atoms with Crippen LogP contribution in [0.15, 0.2) is 18.2 Å². The Morgan fingerprint density at radius 2 is 1.78 bits per heavy atom. The number of aliphatic hydroxyl groups is 1. The molecule has 1 aromatic carbocycles. The van der Waals surface area contributed by atoms with E-state index in [1.807, 2.05) is 13.8 Å². The molecule has 0 heterocycles. The number of hydrogen-bond acceptors (Lipinski definition) is 4. The first-order valence-electron chi connectivity index (χ1n) is 7.61. The highest BCUT2D eigenvalue weighted by Crippen LogP contribution is 2.21. The number of aliphatic hydroxyl groups excluding tert-OH is 1. The third-order valence-electron chi connectivity index (χ3n) is 3.19. The van der Waals surface area contributed by atoms with E-state index in [-0.39, 0.29) is 12.5 Å². The van der Waals surface area contributed by atoms with Crippen molar-refractivity contribution in [1.29, 1.82) is 0 Å². The number of ether oxygens (including phenoxy) is 1. The second-order valence-corrected chi connectivity index (χ2v) is 6.81. The molecule has 130 valence electrons. The number of nitrogens with one attached hydrogen (secondary N) is 1. The monoisotopic (exact) mass is 329 g/mol. The van der Waals surface area contributed by atoms with Gasteiger partial charge in [0.05, 0.1) is 11.7 Å². The molecule has 1 aromatic rings. The van der Waals surface area contributed by atoms with Gasteiger partial charge in [-0.3, -0.25) is 4.79 Å². The molecule has 0 amide bonds. The second kappa shape index (κ2) is 7.84. The molecule has 6 heteroatoms. The summed E-state index contributed by atoms with van der Waals surface area (Å²) in [6.07, 6.45) is -1.40. The van der Waals surface area contributed by atoms with E-state index in [2.05, 4.69) is 5.32 Å². The molecule has 1 rings (SSSR count). The van der Waals surface area contributed by atoms with E-state index in [1.165, 1.54) is 6.07 Å². The van der Waals surface area contributed by atoms with Crippen LogP contribution in [-0.4, -0.2) is 29.3 Å². The van der Waals surface area contributed by atoms with E-state index in [0.717, 1.165) is 12.1 Å². The quantitative estimate of drug-likeness (QED) is 0.788. The number of hydrogen-bond donors (Lipinski definition) is 2. The van der Waals surface area contributed by atoms with Crippen molar-refractivity contribution in [3.05, 3.63) is 35.4 Å². The minimum Gasteiger partial charge on any atom is -0.459 e. The number of benzene rings is 1. The molecule has 0 aliphatic rings. The summed E-state index contributed by atoms with van der Waals surface area (Å²) in [4.78, 5) is 12.2. The van der Waals surface area contributed by atoms with Crippen molar-refractivity contribution < 1.29 is 23.4 Å². The first-order chi connectivity index (χ1) is 10.5. The Morgan fingerprint density at radius 1 is 1.26 bits per heavy atom. The van der Waals surface area contributed by atoms with Gasteiger partial charge in [0.1, 0.15) is 23.3 Å². The van der Waals surface area contributed by atoms with E-state index < -0.39 is 40.9 Å². The maximum Gasteiger partial charge on any atom is 0.323 e. The Labute approximate surface area is 135 Å². The van der Waals surface area contributed by atoms with Crippen LogP contribution in [0.1, 0.15) is 46.3 Å². The lowest BCUT2D eigenvalue weighted by Gasteiger charge is -2.27. The zero-order chi connectivity index (χ0) is 17.8. The van der Waals surface area contributed by atoms with Crippen LogP contribution in [0.2, 0.25) is 0 Å². The SMILES string of the molecule is CC(C)[C@@H](NCC(O)c1c(F)cccc1F)C(=O)OC(C)(C)C. The number of halogens is 2. The molecule has 0 fully saturated rings. The van der Waals surface area contributed by atoms with Crippen LogP contribution in [0.25, 0.3) is 0 Å². The normalized spacial score (nSPS) is 14.7. The lowest BCUT2D eigenvalue weighted by molar-refractivity contribution is -0.158. The topological polar surface area (TPSA) is 58.6 Å². The van der Waals surface area contributed by atoms with Gasteiger partial charge in [-0.1, -0.05) is 19.9 Å². The fraction of sp³-hybridized carbons (Fsp3) is 0.588. The third kappa shape index (κ3) is 5.88. The highest BCUT2D eigenvalue weighted by molar-refractivity contribution is 5.76. The Balaban J connectivity index is 2.78. The van der Waals surface area contributed by atoms with E-state index >= 15 is 0 Å². The van der Waals surface area contributed by atoms with Gasteiger partial charge in [0, 0.05) is 6.54 Å². The molecule has 0 aromatic heterocycles. The van der Waals surface area contributed by atoms with Crippen molar-refractivity contribution >= 4 is 5.97 Å². The Bertz CT molecular complexity index is 521. The summed E-state index contributed by atoms with van der Waals surface area (Å²) in [6, 6.07) is 2.70. The number of carbonyl (C=O) groups excluding carboxylic acids is 1. The van der Waals surface area contributed by atoms with Crippen molar-refractivity contribution in [2.75, 3.05) is 6.54 Å². The van der Waals surface area contributed by atoms with Crippen LogP contribution >= 0.6 is 0 Å². The summed E-state index contributed by atoms with van der Waals surface area (Å²) < 4.78 is 32.6. The zero-order valence-corrected chi connectivity index (χ0v) is 14.2. The molecule has 0 saturated heterocycles. The van der Waals surface area contributed by atoms with Crippen molar-refractivity contribution in [2.45, 2.75) is 52.4 Å². The highest BCUT2D eigenvalue weighted by Gasteiger charge is 2.28. The van der Waals surface area contributed by atoms with Gasteiger partial charge in [0.25, 0.3) is 0 Å². The van der Waals surface area contributed by atoms with Crippen LogP contribution in [0.3, 0.4) is 0 Å². The highest BCUT2D eigenvalue weighted by atomic mass is 19.1. The van der Waals surface area contributed by atoms with E-state index in [1.54, 1.807) is 20.8 Å². The molecular formula is C17H25F2NO3. The van der Waals surface area contributed by atoms with Gasteiger partial charge in [-0.15, -0.1) is 0 Å². The zero-order valence-electron chi connectivity index (χ0n) is 14.2. The van der Waals surface area contributed by atoms with Gasteiger partial charge < -0.3 is 15.2 Å². The smallest absolute Gasteiger partial charge is 0.323 e. The predicted octanol–water partition coefficient (Wildman–Crippen LogP) is 2.95. The van der Waals surface area contributed by atoms with Crippen molar-refractivity contribution in [1.82, 2.24) is 5.32 Å². The molecule has 0 bridgehead atoms. The van der Waals surface area contributed by atoms with E-state index in [9.17, 15) is 18.7 Å². The third-order valence-corrected chi connectivity index (χ3v) is 3.19. The van der Waals surface area contributed by atoms with E-state index in [0.29, 0.717) is 0 Å². The van der Waals surface area contributed by atoms with Crippen LogP contribution in [0.4, 0.5) is 8.78 Å². The summed E-state index contributed by atoms with van der Waals surface area (Å²) in [5.74, 6) is -2.22. The first kappa shape index (κ1) is 19.5. The van der Waals surface area contributed by atoms with Crippen molar-refractivity contribution in [3.63, 3.8) is 0 Å². The van der Waals surface area contributed by atoms with Crippen LogP contribution in [0, 0.1) is 17.6 Å². The summed E-state index contributed by atoms with van der Waals surface area (Å²) >= 11 is 0. The number of rotatable bonds is 6. The molecular weight excluding hydrogens is 304 g/mol. The van der Waals surface area contributed by atoms with Gasteiger partial charge in [-0.05, 0) is 38.8 Å². The van der Waals surface area contributed by atoms with Crippen LogP contribution < -0.4 is 5.32 Å². The summed E-state index contributed by atoms with van der Waals surface area (Å²) in [5, 5.41) is 12.9. The van der Waals surface area contributed by atoms with Gasteiger partial charge in [-0.2, -0.15) is 0 Å². The summed E-state index contributed by atoms with van der Waals surface area (Å²) in [7, 11) is 0. The Morgan fingerprint density at radius 3 is 2.22 bits per heavy atom. The summed E-state index contributed by atoms with van der Waals surface area (Å²) in [6.45, 7) is 8.73. The molecule has 0 aliphatic carbocycles. The van der Waals surface area contributed by atoms with Gasteiger partial charge >= 0.3 is 5.97 Å². The molecule has 0 spiro atoms. The lowest BCUT2D eigenvalue weighted by atomic mass is 10.0. The lowest BCUT2D eigenvalue weighted by Crippen LogP contribution is -2.46. The summed E-state index contributed by atoms with van der Waals surface area (Å²) in [5.41, 5.74) is -1.05. The maximum atomic E-state index is 13.6. The van der Waals surface area contributed by atoms with E-state index in [4.69, 9.17) is 4.74 Å². The largest absolute Gasteiger partial charge is 0.459 e. The van der Waals surface area contributed by atoms with Crippen molar-refractivity contribution in [2.24, 2.45) is 5.92 Å². The molecule has 4 nitrogen and oxygen atoms in total. The fourth-order valence-corrected chi connectivity index (χ4v) is 2.13. The minimum absolute atomic E-state index is 0.109. The number of esters is 1. The maximum absolute atomic E-state index is 13.6. The second-order valence-electron chi connectivity index (χ2n) is 6.81. The molecule has 0 saturated carbocycles.